The minimum Gasteiger partial charge on any atom is -0.384 e. The van der Waals surface area contributed by atoms with Gasteiger partial charge in [-0.2, -0.15) is 0 Å². The van der Waals surface area contributed by atoms with E-state index in [0.29, 0.717) is 11.5 Å². The first-order valence-corrected chi connectivity index (χ1v) is 4.17. The van der Waals surface area contributed by atoms with E-state index in [0.717, 1.165) is 5.69 Å². The van der Waals surface area contributed by atoms with Crippen molar-refractivity contribution in [3.05, 3.63) is 40.4 Å². The molecule has 0 aliphatic heterocycles. The molecular weight excluding hydrogens is 180 g/mol. The summed E-state index contributed by atoms with van der Waals surface area (Å²) in [4.78, 5) is 15.3. The molecule has 0 radical (unpaired) electrons. The van der Waals surface area contributed by atoms with Crippen molar-refractivity contribution in [1.29, 1.82) is 0 Å². The normalized spacial score (nSPS) is 10.4. The summed E-state index contributed by atoms with van der Waals surface area (Å²) in [5.41, 5.74) is 6.91. The lowest BCUT2D eigenvalue weighted by atomic mass is 10.4. The Hall–Kier alpha value is -2.04. The van der Waals surface area contributed by atoms with Crippen molar-refractivity contribution in [1.82, 2.24) is 14.8 Å². The summed E-state index contributed by atoms with van der Waals surface area (Å²) in [6, 6.07) is 4.88. The van der Waals surface area contributed by atoms with E-state index in [1.807, 2.05) is 6.92 Å². The summed E-state index contributed by atoms with van der Waals surface area (Å²) in [6.07, 6.45) is 1.56. The summed E-state index contributed by atoms with van der Waals surface area (Å²) in [5, 5.41) is 2.91. The summed E-state index contributed by atoms with van der Waals surface area (Å²) >= 11 is 0. The Kier molecular flexibility index (Phi) is 1.85. The van der Waals surface area contributed by atoms with Crippen molar-refractivity contribution in [2.45, 2.75) is 6.92 Å². The number of pyridine rings is 1. The van der Waals surface area contributed by atoms with Gasteiger partial charge in [-0.1, -0.05) is 0 Å². The fraction of sp³-hybridized carbons (Fsp3) is 0.111. The smallest absolute Gasteiger partial charge is 0.271 e. The van der Waals surface area contributed by atoms with Crippen LogP contribution < -0.4 is 11.3 Å². The topological polar surface area (TPSA) is 76.7 Å². The molecule has 0 bridgehead atoms. The molecule has 0 fully saturated rings. The first-order valence-electron chi connectivity index (χ1n) is 4.17. The number of hydrogen-bond acceptors (Lipinski definition) is 3. The number of nitrogens with zero attached hydrogens (tertiary/aromatic N) is 2. The Morgan fingerprint density at radius 1 is 1.50 bits per heavy atom. The maximum Gasteiger partial charge on any atom is 0.271 e. The van der Waals surface area contributed by atoms with Crippen molar-refractivity contribution in [3.63, 3.8) is 0 Å². The molecule has 0 aliphatic rings. The van der Waals surface area contributed by atoms with E-state index in [1.54, 1.807) is 18.3 Å². The number of nitrogens with two attached hydrogens (primary N) is 1. The van der Waals surface area contributed by atoms with Crippen LogP contribution in [0.5, 0.6) is 0 Å². The second-order valence-electron chi connectivity index (χ2n) is 3.05. The maximum atomic E-state index is 11.4. The molecule has 0 saturated carbocycles. The number of rotatable bonds is 1. The Morgan fingerprint density at radius 3 is 2.86 bits per heavy atom. The number of nitrogen functional groups attached to an aromatic ring is 1. The van der Waals surface area contributed by atoms with Crippen LogP contribution >= 0.6 is 0 Å². The molecule has 2 heterocycles. The standard InChI is InChI=1S/C9H10N4O/c1-6-4-9(14)13(12-6)7-2-3-11-8(10)5-7/h2-5,12H,1H3,(H2,10,11). The lowest BCUT2D eigenvalue weighted by molar-refractivity contribution is 0.834. The van der Waals surface area contributed by atoms with Crippen molar-refractivity contribution in [2.75, 3.05) is 5.73 Å². The highest BCUT2D eigenvalue weighted by Crippen LogP contribution is 2.06. The van der Waals surface area contributed by atoms with Gasteiger partial charge in [-0.05, 0) is 13.0 Å². The van der Waals surface area contributed by atoms with E-state index in [1.165, 1.54) is 10.7 Å². The van der Waals surface area contributed by atoms with Gasteiger partial charge >= 0.3 is 0 Å². The number of anilines is 1. The van der Waals surface area contributed by atoms with E-state index >= 15 is 0 Å². The van der Waals surface area contributed by atoms with Crippen LogP contribution in [-0.2, 0) is 0 Å². The van der Waals surface area contributed by atoms with Crippen LogP contribution in [0, 0.1) is 6.92 Å². The third-order valence-corrected chi connectivity index (χ3v) is 1.87. The second kappa shape index (κ2) is 3.02. The van der Waals surface area contributed by atoms with Crippen molar-refractivity contribution >= 4 is 5.82 Å². The molecular formula is C9H10N4O. The molecule has 5 heteroatoms. The first kappa shape index (κ1) is 8.55. The molecule has 2 aromatic rings. The molecule has 3 N–H and O–H groups in total. The maximum absolute atomic E-state index is 11.4. The molecule has 2 aromatic heterocycles. The van der Waals surface area contributed by atoms with E-state index in [-0.39, 0.29) is 5.56 Å². The summed E-state index contributed by atoms with van der Waals surface area (Å²) in [6.45, 7) is 1.82. The average molecular weight is 190 g/mol. The highest BCUT2D eigenvalue weighted by molar-refractivity contribution is 5.40. The van der Waals surface area contributed by atoms with Crippen LogP contribution in [0.25, 0.3) is 5.69 Å². The Morgan fingerprint density at radius 2 is 2.29 bits per heavy atom. The lowest BCUT2D eigenvalue weighted by Gasteiger charge is -2.01. The van der Waals surface area contributed by atoms with Gasteiger partial charge in [0.2, 0.25) is 0 Å². The number of aryl methyl sites for hydroxylation is 1. The third kappa shape index (κ3) is 1.39. The van der Waals surface area contributed by atoms with Crippen LogP contribution in [0.1, 0.15) is 5.69 Å². The fourth-order valence-electron chi connectivity index (χ4n) is 1.28. The van der Waals surface area contributed by atoms with Gasteiger partial charge in [-0.15, -0.1) is 0 Å². The van der Waals surface area contributed by atoms with Crippen LogP contribution in [0.2, 0.25) is 0 Å². The van der Waals surface area contributed by atoms with Crippen LogP contribution in [0.3, 0.4) is 0 Å². The highest BCUT2D eigenvalue weighted by atomic mass is 16.1. The minimum atomic E-state index is -0.104. The number of nitrogens with one attached hydrogen (secondary N) is 1. The first-order chi connectivity index (χ1) is 6.66. The van der Waals surface area contributed by atoms with E-state index in [2.05, 4.69) is 10.1 Å². The summed E-state index contributed by atoms with van der Waals surface area (Å²) in [7, 11) is 0. The average Bonchev–Trinajstić information content (AvgIpc) is 2.45. The molecule has 0 atom stereocenters. The fourth-order valence-corrected chi connectivity index (χ4v) is 1.28. The molecule has 0 unspecified atom stereocenters. The number of hydrogen-bond donors (Lipinski definition) is 2. The number of aromatic amines is 1. The largest absolute Gasteiger partial charge is 0.384 e. The van der Waals surface area contributed by atoms with Gasteiger partial charge in [0, 0.05) is 24.0 Å². The molecule has 14 heavy (non-hydrogen) atoms. The quantitative estimate of drug-likeness (QED) is 0.685. The Bertz CT molecular complexity index is 512. The molecule has 0 amide bonds. The molecule has 2 rings (SSSR count). The predicted molar refractivity (Wildman–Crippen MR) is 53.3 cm³/mol. The van der Waals surface area contributed by atoms with Gasteiger partial charge in [0.1, 0.15) is 5.82 Å². The van der Waals surface area contributed by atoms with Crippen molar-refractivity contribution in [3.8, 4) is 5.69 Å². The highest BCUT2D eigenvalue weighted by Gasteiger charge is 2.02. The molecule has 72 valence electrons. The number of aromatic nitrogens is 3. The number of H-pyrrole nitrogens is 1. The van der Waals surface area contributed by atoms with Crippen molar-refractivity contribution in [2.24, 2.45) is 0 Å². The molecule has 0 aromatic carbocycles. The van der Waals surface area contributed by atoms with Gasteiger partial charge in [-0.25, -0.2) is 9.67 Å². The molecule has 0 aliphatic carbocycles. The van der Waals surface area contributed by atoms with Gasteiger partial charge in [0.05, 0.1) is 5.69 Å². The van der Waals surface area contributed by atoms with Crippen LogP contribution in [-0.4, -0.2) is 14.8 Å². The predicted octanol–water partition coefficient (Wildman–Crippen LogP) is 0.451. The zero-order valence-corrected chi connectivity index (χ0v) is 7.69. The lowest BCUT2D eigenvalue weighted by Crippen LogP contribution is -2.13. The van der Waals surface area contributed by atoms with Crippen LogP contribution in [0.4, 0.5) is 5.82 Å². The van der Waals surface area contributed by atoms with E-state index in [9.17, 15) is 4.79 Å². The Balaban J connectivity index is 2.60. The van der Waals surface area contributed by atoms with Crippen LogP contribution in [0.15, 0.2) is 29.2 Å². The second-order valence-corrected chi connectivity index (χ2v) is 3.05. The van der Waals surface area contributed by atoms with Gasteiger partial charge in [0.25, 0.3) is 5.56 Å². The van der Waals surface area contributed by atoms with Crippen molar-refractivity contribution < 1.29 is 0 Å². The Labute approximate surface area is 80.2 Å². The van der Waals surface area contributed by atoms with E-state index in [4.69, 9.17) is 5.73 Å². The summed E-state index contributed by atoms with van der Waals surface area (Å²) < 4.78 is 1.42. The van der Waals surface area contributed by atoms with Gasteiger partial charge < -0.3 is 5.73 Å². The summed E-state index contributed by atoms with van der Waals surface area (Å²) in [5.74, 6) is 0.390. The monoisotopic (exact) mass is 190 g/mol. The minimum absolute atomic E-state index is 0.104. The zero-order chi connectivity index (χ0) is 10.1. The molecule has 5 nitrogen and oxygen atoms in total. The van der Waals surface area contributed by atoms with E-state index < -0.39 is 0 Å². The molecule has 0 spiro atoms. The SMILES string of the molecule is Cc1cc(=O)n(-c2ccnc(N)c2)[nH]1. The molecule has 0 saturated heterocycles. The van der Waals surface area contributed by atoms with Gasteiger partial charge in [-0.3, -0.25) is 9.89 Å². The zero-order valence-electron chi connectivity index (χ0n) is 7.69. The third-order valence-electron chi connectivity index (χ3n) is 1.87. The van der Waals surface area contributed by atoms with Gasteiger partial charge in [0.15, 0.2) is 0 Å².